The van der Waals surface area contributed by atoms with E-state index in [1.807, 2.05) is 12.4 Å². The molecule has 0 fully saturated rings. The SMILES string of the molecule is c1ccc2cc3c(cc2c1)c1ccccc1n3-c1ccc(-c2ccc(-c3ccc4c5ccccc5c5ccccc5c4c3)c3cnncc23)cc1. The number of hydrogen-bond donors (Lipinski definition) is 0. The van der Waals surface area contributed by atoms with Crippen LogP contribution in [0.1, 0.15) is 0 Å². The molecule has 0 saturated carbocycles. The van der Waals surface area contributed by atoms with E-state index in [1.165, 1.54) is 70.5 Å². The minimum absolute atomic E-state index is 1.09. The van der Waals surface area contributed by atoms with E-state index in [9.17, 15) is 0 Å². The fourth-order valence-electron chi connectivity index (χ4n) is 8.40. The normalized spacial score (nSPS) is 11.9. The minimum atomic E-state index is 1.09. The van der Waals surface area contributed by atoms with Gasteiger partial charge in [0.1, 0.15) is 0 Å². The second kappa shape index (κ2) is 10.8. The summed E-state index contributed by atoms with van der Waals surface area (Å²) in [4.78, 5) is 0. The second-order valence-electron chi connectivity index (χ2n) is 13.4. The lowest BCUT2D eigenvalue weighted by atomic mass is 9.90. The highest BCUT2D eigenvalue weighted by atomic mass is 15.1. The topological polar surface area (TPSA) is 30.7 Å². The van der Waals surface area contributed by atoms with Crippen LogP contribution in [0, 0.1) is 0 Å². The molecule has 9 aromatic carbocycles. The Balaban J connectivity index is 1.05. The Morgan fingerprint density at radius 3 is 1.49 bits per heavy atom. The summed E-state index contributed by atoms with van der Waals surface area (Å²) in [6.45, 7) is 0. The van der Waals surface area contributed by atoms with Crippen molar-refractivity contribution in [2.24, 2.45) is 0 Å². The smallest absolute Gasteiger partial charge is 0.0581 e. The lowest BCUT2D eigenvalue weighted by Gasteiger charge is -2.15. The van der Waals surface area contributed by atoms with Crippen LogP contribution in [0.3, 0.4) is 0 Å². The van der Waals surface area contributed by atoms with Gasteiger partial charge >= 0.3 is 0 Å². The summed E-state index contributed by atoms with van der Waals surface area (Å²) in [5.74, 6) is 0. The number of para-hydroxylation sites is 1. The molecule has 0 unspecified atom stereocenters. The van der Waals surface area contributed by atoms with Crippen LogP contribution in [0.5, 0.6) is 0 Å². The third-order valence-electron chi connectivity index (χ3n) is 10.8. The average Bonchev–Trinajstić information content (AvgIpc) is 3.52. The van der Waals surface area contributed by atoms with Crippen LogP contribution >= 0.6 is 0 Å². The lowest BCUT2D eigenvalue weighted by molar-refractivity contribution is 1.05. The van der Waals surface area contributed by atoms with E-state index in [-0.39, 0.29) is 0 Å². The molecular formula is C48H29N3. The van der Waals surface area contributed by atoms with Crippen molar-refractivity contribution in [3.8, 4) is 27.9 Å². The summed E-state index contributed by atoms with van der Waals surface area (Å²) in [7, 11) is 0. The number of nitrogens with zero attached hydrogens (tertiary/aromatic N) is 3. The van der Waals surface area contributed by atoms with E-state index < -0.39 is 0 Å². The second-order valence-corrected chi connectivity index (χ2v) is 13.4. The zero-order valence-electron chi connectivity index (χ0n) is 27.6. The van der Waals surface area contributed by atoms with E-state index in [0.717, 1.165) is 33.2 Å². The predicted molar refractivity (Wildman–Crippen MR) is 215 cm³/mol. The fourth-order valence-corrected chi connectivity index (χ4v) is 8.40. The Morgan fingerprint density at radius 1 is 0.314 bits per heavy atom. The third-order valence-corrected chi connectivity index (χ3v) is 10.8. The maximum atomic E-state index is 4.36. The molecule has 2 heterocycles. The van der Waals surface area contributed by atoms with Gasteiger partial charge in [-0.15, -0.1) is 0 Å². The van der Waals surface area contributed by atoms with E-state index in [2.05, 4.69) is 179 Å². The minimum Gasteiger partial charge on any atom is -0.309 e. The van der Waals surface area contributed by atoms with Crippen molar-refractivity contribution in [3.63, 3.8) is 0 Å². The van der Waals surface area contributed by atoms with Crippen LogP contribution in [0.2, 0.25) is 0 Å². The molecule has 11 rings (SSSR count). The molecule has 51 heavy (non-hydrogen) atoms. The average molecular weight is 648 g/mol. The zero-order chi connectivity index (χ0) is 33.5. The number of hydrogen-bond acceptors (Lipinski definition) is 2. The van der Waals surface area contributed by atoms with Gasteiger partial charge in [0.05, 0.1) is 23.4 Å². The molecule has 0 radical (unpaired) electrons. The summed E-state index contributed by atoms with van der Waals surface area (Å²) in [5.41, 5.74) is 8.15. The summed E-state index contributed by atoms with van der Waals surface area (Å²) >= 11 is 0. The molecule has 11 aromatic rings. The van der Waals surface area contributed by atoms with Crippen LogP contribution in [-0.4, -0.2) is 14.8 Å². The number of fused-ring (bicyclic) bond motifs is 11. The molecule has 0 spiro atoms. The lowest BCUT2D eigenvalue weighted by Crippen LogP contribution is -1.94. The largest absolute Gasteiger partial charge is 0.309 e. The standard InChI is InChI=1S/C48H29N3/c1-2-10-32-27-48-44(25-31(32)9-1)42-15-7-8-16-47(42)51(48)34-20-17-30(18-21-34)35-23-24-36(46-29-50-49-28-45(35)46)33-19-22-41-39-13-4-3-11-37(39)38-12-5-6-14-40(38)43(41)26-33/h1-29H. The van der Waals surface area contributed by atoms with Crippen molar-refractivity contribution in [2.45, 2.75) is 0 Å². The van der Waals surface area contributed by atoms with Crippen LogP contribution in [0.4, 0.5) is 0 Å². The third kappa shape index (κ3) is 4.19. The molecular weight excluding hydrogens is 619 g/mol. The molecule has 0 aliphatic heterocycles. The van der Waals surface area contributed by atoms with Crippen molar-refractivity contribution in [1.82, 2.24) is 14.8 Å². The van der Waals surface area contributed by atoms with Gasteiger partial charge in [-0.2, -0.15) is 10.2 Å². The van der Waals surface area contributed by atoms with Gasteiger partial charge in [0, 0.05) is 27.2 Å². The van der Waals surface area contributed by atoms with Gasteiger partial charge in [-0.3, -0.25) is 0 Å². The summed E-state index contributed by atoms with van der Waals surface area (Å²) in [5, 5.41) is 23.6. The van der Waals surface area contributed by atoms with Gasteiger partial charge in [0.25, 0.3) is 0 Å². The maximum absolute atomic E-state index is 4.36. The predicted octanol–water partition coefficient (Wildman–Crippen LogP) is 12.7. The molecule has 236 valence electrons. The Bertz CT molecular complexity index is 3150. The van der Waals surface area contributed by atoms with Gasteiger partial charge in [0.2, 0.25) is 0 Å². The van der Waals surface area contributed by atoms with Crippen molar-refractivity contribution in [3.05, 3.63) is 176 Å². The van der Waals surface area contributed by atoms with E-state index in [1.54, 1.807) is 0 Å². The molecule has 0 aliphatic rings. The first kappa shape index (κ1) is 28.0. The van der Waals surface area contributed by atoms with Crippen LogP contribution in [-0.2, 0) is 0 Å². The number of aromatic nitrogens is 3. The van der Waals surface area contributed by atoms with E-state index in [0.29, 0.717) is 0 Å². The van der Waals surface area contributed by atoms with Gasteiger partial charge in [-0.1, -0.05) is 127 Å². The monoisotopic (exact) mass is 647 g/mol. The van der Waals surface area contributed by atoms with Gasteiger partial charge in [-0.05, 0) is 102 Å². The van der Waals surface area contributed by atoms with Crippen molar-refractivity contribution >= 4 is 75.7 Å². The highest BCUT2D eigenvalue weighted by molar-refractivity contribution is 6.26. The van der Waals surface area contributed by atoms with Crippen LogP contribution in [0.15, 0.2) is 176 Å². The molecule has 3 nitrogen and oxygen atoms in total. The fraction of sp³-hybridized carbons (Fsp3) is 0. The van der Waals surface area contributed by atoms with Crippen molar-refractivity contribution in [1.29, 1.82) is 0 Å². The van der Waals surface area contributed by atoms with Gasteiger partial charge in [-0.25, -0.2) is 0 Å². The molecule has 2 aromatic heterocycles. The summed E-state index contributed by atoms with van der Waals surface area (Å²) < 4.78 is 2.39. The van der Waals surface area contributed by atoms with Crippen LogP contribution in [0.25, 0.3) is 104 Å². The number of rotatable bonds is 3. The van der Waals surface area contributed by atoms with Gasteiger partial charge < -0.3 is 4.57 Å². The van der Waals surface area contributed by atoms with Gasteiger partial charge in [0.15, 0.2) is 0 Å². The highest BCUT2D eigenvalue weighted by Crippen LogP contribution is 2.41. The summed E-state index contributed by atoms with van der Waals surface area (Å²) in [6.07, 6.45) is 3.82. The summed E-state index contributed by atoms with van der Waals surface area (Å²) in [6, 6.07) is 59.7. The first-order valence-electron chi connectivity index (χ1n) is 17.4. The Kier molecular flexibility index (Phi) is 5.96. The Labute approximate surface area is 293 Å². The van der Waals surface area contributed by atoms with Crippen LogP contribution < -0.4 is 0 Å². The molecule has 0 aliphatic carbocycles. The first-order chi connectivity index (χ1) is 25.3. The quantitative estimate of drug-likeness (QED) is 0.179. The highest BCUT2D eigenvalue weighted by Gasteiger charge is 2.16. The van der Waals surface area contributed by atoms with Crippen molar-refractivity contribution in [2.75, 3.05) is 0 Å². The van der Waals surface area contributed by atoms with E-state index >= 15 is 0 Å². The first-order valence-corrected chi connectivity index (χ1v) is 17.4. The molecule has 0 bridgehead atoms. The zero-order valence-corrected chi connectivity index (χ0v) is 27.6. The maximum Gasteiger partial charge on any atom is 0.0581 e. The Morgan fingerprint density at radius 2 is 0.824 bits per heavy atom. The number of benzene rings is 9. The Hall–Kier alpha value is -6.84. The molecule has 0 amide bonds. The van der Waals surface area contributed by atoms with E-state index in [4.69, 9.17) is 0 Å². The molecule has 0 N–H and O–H groups in total. The molecule has 3 heteroatoms. The molecule has 0 saturated heterocycles. The molecule has 0 atom stereocenters. The van der Waals surface area contributed by atoms with Crippen molar-refractivity contribution < 1.29 is 0 Å².